The molecule has 0 aliphatic carbocycles. The summed E-state index contributed by atoms with van der Waals surface area (Å²) >= 11 is 6.92. The number of nitrogens with one attached hydrogen (secondary N) is 1. The zero-order valence-corrected chi connectivity index (χ0v) is 13.6. The number of rotatable bonds is 4. The van der Waals surface area contributed by atoms with E-state index in [1.54, 1.807) is 0 Å². The van der Waals surface area contributed by atoms with Gasteiger partial charge in [0.2, 0.25) is 0 Å². The number of hydrogen-bond donors (Lipinski definition) is 1. The topological polar surface area (TPSA) is 28.2 Å². The zero-order chi connectivity index (χ0) is 12.8. The van der Waals surface area contributed by atoms with Crippen LogP contribution in [0.3, 0.4) is 0 Å². The van der Waals surface area contributed by atoms with E-state index in [4.69, 9.17) is 0 Å². The minimum absolute atomic E-state index is 0.924. The van der Waals surface area contributed by atoms with Crippen LogP contribution >= 0.6 is 31.9 Å². The van der Waals surface area contributed by atoms with Crippen LogP contribution in [0.25, 0.3) is 0 Å². The molecular weight excluding hydrogens is 358 g/mol. The average Bonchev–Trinajstić information content (AvgIpc) is 2.60. The molecule has 1 aliphatic heterocycles. The number of nitrogens with zero attached hydrogens (tertiary/aromatic N) is 2. The van der Waals surface area contributed by atoms with E-state index in [2.05, 4.69) is 47.1 Å². The van der Waals surface area contributed by atoms with Gasteiger partial charge in [-0.2, -0.15) is 0 Å². The van der Waals surface area contributed by atoms with Crippen LogP contribution in [-0.2, 0) is 0 Å². The molecule has 0 atom stereocenters. The average molecular weight is 377 g/mol. The second-order valence-electron chi connectivity index (χ2n) is 4.67. The third-order valence-corrected chi connectivity index (χ3v) is 4.27. The van der Waals surface area contributed by atoms with E-state index in [-0.39, 0.29) is 0 Å². The van der Waals surface area contributed by atoms with Crippen molar-refractivity contribution in [3.05, 3.63) is 21.2 Å². The third-order valence-electron chi connectivity index (χ3n) is 3.23. The van der Waals surface area contributed by atoms with E-state index >= 15 is 0 Å². The molecule has 100 valence electrons. The van der Waals surface area contributed by atoms with Crippen molar-refractivity contribution >= 4 is 37.7 Å². The Hall–Kier alpha value is -0.130. The summed E-state index contributed by atoms with van der Waals surface area (Å²) in [5.74, 6) is 0.924. The van der Waals surface area contributed by atoms with Gasteiger partial charge in [0.1, 0.15) is 5.82 Å². The lowest BCUT2D eigenvalue weighted by molar-refractivity contribution is 0.296. The minimum Gasteiger partial charge on any atom is -0.368 e. The van der Waals surface area contributed by atoms with E-state index in [9.17, 15) is 0 Å². The molecule has 1 fully saturated rings. The van der Waals surface area contributed by atoms with Gasteiger partial charge in [0.25, 0.3) is 0 Å². The summed E-state index contributed by atoms with van der Waals surface area (Å²) in [6.45, 7) is 4.55. The first kappa shape index (κ1) is 14.3. The molecule has 2 rings (SSSR count). The van der Waals surface area contributed by atoms with Gasteiger partial charge in [0.15, 0.2) is 0 Å². The monoisotopic (exact) mass is 375 g/mol. The van der Waals surface area contributed by atoms with Crippen molar-refractivity contribution in [1.29, 1.82) is 0 Å². The number of anilines is 1. The first-order chi connectivity index (χ1) is 8.75. The molecule has 5 heteroatoms. The summed E-state index contributed by atoms with van der Waals surface area (Å²) in [6, 6.07) is 2.02. The molecule has 1 aromatic heterocycles. The number of aromatic nitrogens is 1. The van der Waals surface area contributed by atoms with Crippen molar-refractivity contribution in [2.45, 2.75) is 25.7 Å². The highest BCUT2D eigenvalue weighted by molar-refractivity contribution is 9.11. The van der Waals surface area contributed by atoms with Gasteiger partial charge in [-0.1, -0.05) is 12.8 Å². The van der Waals surface area contributed by atoms with E-state index in [1.165, 1.54) is 38.8 Å². The Morgan fingerprint density at radius 1 is 1.17 bits per heavy atom. The van der Waals surface area contributed by atoms with Crippen molar-refractivity contribution in [1.82, 2.24) is 9.88 Å². The highest BCUT2D eigenvalue weighted by atomic mass is 79.9. The first-order valence-electron chi connectivity index (χ1n) is 6.53. The third kappa shape index (κ3) is 4.52. The normalized spacial score (nSPS) is 17.4. The lowest BCUT2D eigenvalue weighted by Crippen LogP contribution is -2.30. The van der Waals surface area contributed by atoms with Gasteiger partial charge < -0.3 is 10.2 Å². The lowest BCUT2D eigenvalue weighted by Gasteiger charge is -2.20. The molecule has 1 aromatic rings. The lowest BCUT2D eigenvalue weighted by atomic mass is 10.2. The Morgan fingerprint density at radius 3 is 2.56 bits per heavy atom. The van der Waals surface area contributed by atoms with Gasteiger partial charge in [-0.25, -0.2) is 4.98 Å². The molecule has 0 spiro atoms. The van der Waals surface area contributed by atoms with Crippen LogP contribution in [0.15, 0.2) is 21.2 Å². The Balaban J connectivity index is 1.77. The van der Waals surface area contributed by atoms with E-state index in [0.29, 0.717) is 0 Å². The largest absolute Gasteiger partial charge is 0.368 e. The maximum absolute atomic E-state index is 4.36. The van der Waals surface area contributed by atoms with Crippen LogP contribution in [0, 0.1) is 0 Å². The van der Waals surface area contributed by atoms with Crippen LogP contribution in [0.2, 0.25) is 0 Å². The molecule has 0 bridgehead atoms. The molecule has 2 heterocycles. The molecule has 0 aromatic carbocycles. The molecule has 0 amide bonds. The molecule has 1 saturated heterocycles. The van der Waals surface area contributed by atoms with Gasteiger partial charge in [-0.3, -0.25) is 0 Å². The summed E-state index contributed by atoms with van der Waals surface area (Å²) in [5.41, 5.74) is 0. The van der Waals surface area contributed by atoms with Gasteiger partial charge in [0.05, 0.1) is 4.47 Å². The molecule has 3 nitrogen and oxygen atoms in total. The predicted molar refractivity (Wildman–Crippen MR) is 83.0 cm³/mol. The molecule has 0 saturated carbocycles. The van der Waals surface area contributed by atoms with Gasteiger partial charge in [-0.15, -0.1) is 0 Å². The fourth-order valence-electron chi connectivity index (χ4n) is 2.24. The summed E-state index contributed by atoms with van der Waals surface area (Å²) in [6.07, 6.45) is 7.30. The Bertz CT molecular complexity index is 376. The second-order valence-corrected chi connectivity index (χ2v) is 6.44. The quantitative estimate of drug-likeness (QED) is 0.863. The van der Waals surface area contributed by atoms with Gasteiger partial charge in [-0.05, 0) is 63.9 Å². The maximum atomic E-state index is 4.36. The molecule has 0 radical (unpaired) electrons. The molecule has 1 N–H and O–H groups in total. The summed E-state index contributed by atoms with van der Waals surface area (Å²) in [4.78, 5) is 6.90. The fraction of sp³-hybridized carbons (Fsp3) is 0.615. The van der Waals surface area contributed by atoms with E-state index in [1.807, 2.05) is 12.3 Å². The van der Waals surface area contributed by atoms with Crippen molar-refractivity contribution < 1.29 is 0 Å². The SMILES string of the molecule is Brc1cnc(NCCN2CCCCCC2)c(Br)c1. The zero-order valence-electron chi connectivity index (χ0n) is 10.5. The second kappa shape index (κ2) is 7.46. The highest BCUT2D eigenvalue weighted by Gasteiger charge is 2.08. The van der Waals surface area contributed by atoms with Crippen molar-refractivity contribution in [3.8, 4) is 0 Å². The van der Waals surface area contributed by atoms with Crippen LogP contribution < -0.4 is 5.32 Å². The van der Waals surface area contributed by atoms with E-state index < -0.39 is 0 Å². The van der Waals surface area contributed by atoms with Crippen LogP contribution in [0.4, 0.5) is 5.82 Å². The Labute approximate surface area is 126 Å². The van der Waals surface area contributed by atoms with Crippen molar-refractivity contribution in [3.63, 3.8) is 0 Å². The Kier molecular flexibility index (Phi) is 5.92. The number of likely N-dealkylation sites (tertiary alicyclic amines) is 1. The van der Waals surface area contributed by atoms with Crippen LogP contribution in [-0.4, -0.2) is 36.1 Å². The van der Waals surface area contributed by atoms with Crippen molar-refractivity contribution in [2.24, 2.45) is 0 Å². The maximum Gasteiger partial charge on any atom is 0.140 e. The molecule has 18 heavy (non-hydrogen) atoms. The van der Waals surface area contributed by atoms with Gasteiger partial charge >= 0.3 is 0 Å². The predicted octanol–water partition coefficient (Wildman–Crippen LogP) is 3.89. The smallest absolute Gasteiger partial charge is 0.140 e. The molecular formula is C13H19Br2N3. The summed E-state index contributed by atoms with van der Waals surface area (Å²) < 4.78 is 2.00. The number of pyridine rings is 1. The summed E-state index contributed by atoms with van der Waals surface area (Å²) in [5, 5.41) is 3.39. The summed E-state index contributed by atoms with van der Waals surface area (Å²) in [7, 11) is 0. The first-order valence-corrected chi connectivity index (χ1v) is 8.11. The number of halogens is 2. The molecule has 1 aliphatic rings. The van der Waals surface area contributed by atoms with Crippen LogP contribution in [0.1, 0.15) is 25.7 Å². The van der Waals surface area contributed by atoms with Gasteiger partial charge in [0, 0.05) is 23.8 Å². The fourth-order valence-corrected chi connectivity index (χ4v) is 3.36. The Morgan fingerprint density at radius 2 is 1.89 bits per heavy atom. The standard InChI is InChI=1S/C13H19Br2N3/c14-11-9-12(15)13(17-10-11)16-5-8-18-6-3-1-2-4-7-18/h9-10H,1-8H2,(H,16,17). The van der Waals surface area contributed by atoms with E-state index in [0.717, 1.165) is 27.9 Å². The highest BCUT2D eigenvalue weighted by Crippen LogP contribution is 2.23. The minimum atomic E-state index is 0.924. The molecule has 0 unspecified atom stereocenters. The van der Waals surface area contributed by atoms with Crippen molar-refractivity contribution in [2.75, 3.05) is 31.5 Å². The van der Waals surface area contributed by atoms with Crippen LogP contribution in [0.5, 0.6) is 0 Å². The number of hydrogen-bond acceptors (Lipinski definition) is 3.